The van der Waals surface area contributed by atoms with Gasteiger partial charge in [-0.15, -0.1) is 0 Å². The van der Waals surface area contributed by atoms with Crippen LogP contribution in [0.1, 0.15) is 219 Å². The number of hydrogen-bond acceptors (Lipinski definition) is 0. The molecule has 0 spiro atoms. The number of rotatable bonds is 34. The van der Waals surface area contributed by atoms with E-state index in [0.29, 0.717) is 0 Å². The lowest BCUT2D eigenvalue weighted by Gasteiger charge is -2.04. The largest absolute Gasteiger partial charge is 0.673 e. The van der Waals surface area contributed by atoms with Crippen LogP contribution in [0.4, 0.5) is 17.3 Å². The standard InChI is InChI=1S/C36H75N.BF4/c1-3-5-7-9-11-13-15-17-19-21-23-25-27-29-31-33-35-37-36-34-32-30-28-26-24-22-20-18-16-14-12-10-8-6-4-2;2-1(3,4)5/h37H,3-36H2,1-2H3;/q;-1/p+1. The molecule has 0 aliphatic heterocycles. The lowest BCUT2D eigenvalue weighted by atomic mass is 10.0. The van der Waals surface area contributed by atoms with Crippen LogP contribution in [0.25, 0.3) is 0 Å². The summed E-state index contributed by atoms with van der Waals surface area (Å²) >= 11 is 0. The molecule has 0 aliphatic rings. The van der Waals surface area contributed by atoms with E-state index < -0.39 is 7.25 Å². The van der Waals surface area contributed by atoms with Gasteiger partial charge in [-0.05, 0) is 25.7 Å². The number of quaternary nitrogens is 1. The molecule has 2 N–H and O–H groups in total. The molecule has 42 heavy (non-hydrogen) atoms. The van der Waals surface area contributed by atoms with Gasteiger partial charge in [-0.1, -0.05) is 194 Å². The molecule has 0 aromatic carbocycles. The van der Waals surface area contributed by atoms with E-state index in [0.717, 1.165) is 0 Å². The summed E-state index contributed by atoms with van der Waals surface area (Å²) in [6.45, 7) is 7.36. The van der Waals surface area contributed by atoms with Gasteiger partial charge in [-0.25, -0.2) is 0 Å². The van der Waals surface area contributed by atoms with Crippen molar-refractivity contribution in [3.05, 3.63) is 0 Å². The van der Waals surface area contributed by atoms with Gasteiger partial charge in [-0.3, -0.25) is 0 Å². The number of nitrogens with two attached hydrogens (primary N) is 1. The highest BCUT2D eigenvalue weighted by molar-refractivity contribution is 6.50. The summed E-state index contributed by atoms with van der Waals surface area (Å²) in [5, 5.41) is 2.59. The second-order valence-electron chi connectivity index (χ2n) is 13.0. The summed E-state index contributed by atoms with van der Waals surface area (Å²) in [5.41, 5.74) is 0. The van der Waals surface area contributed by atoms with Gasteiger partial charge < -0.3 is 22.6 Å². The molecule has 0 saturated carbocycles. The molecule has 0 aromatic heterocycles. The van der Waals surface area contributed by atoms with Crippen LogP contribution in [-0.2, 0) is 0 Å². The molecule has 0 rings (SSSR count). The van der Waals surface area contributed by atoms with E-state index in [-0.39, 0.29) is 0 Å². The maximum atomic E-state index is 9.75. The van der Waals surface area contributed by atoms with Gasteiger partial charge in [0.25, 0.3) is 0 Å². The molecule has 0 aliphatic carbocycles. The minimum absolute atomic E-state index is 1.37. The smallest absolute Gasteiger partial charge is 0.418 e. The van der Waals surface area contributed by atoms with Gasteiger partial charge in [0.15, 0.2) is 0 Å². The molecule has 0 heterocycles. The predicted molar refractivity (Wildman–Crippen MR) is 181 cm³/mol. The molecule has 1 nitrogen and oxygen atoms in total. The highest BCUT2D eigenvalue weighted by Gasteiger charge is 2.20. The maximum Gasteiger partial charge on any atom is 0.673 e. The van der Waals surface area contributed by atoms with Crippen LogP contribution in [0.3, 0.4) is 0 Å². The van der Waals surface area contributed by atoms with Crippen molar-refractivity contribution in [1.82, 2.24) is 0 Å². The average molecular weight is 610 g/mol. The Balaban J connectivity index is 0. The lowest BCUT2D eigenvalue weighted by molar-refractivity contribution is -0.655. The van der Waals surface area contributed by atoms with Crippen molar-refractivity contribution in [3.8, 4) is 0 Å². The first-order valence-corrected chi connectivity index (χ1v) is 19.1. The summed E-state index contributed by atoms with van der Waals surface area (Å²) in [6, 6.07) is 0. The zero-order valence-corrected chi connectivity index (χ0v) is 28.7. The Labute approximate surface area is 262 Å². The molecule has 0 aromatic rings. The summed E-state index contributed by atoms with van der Waals surface area (Å²) < 4.78 is 39.0. The minimum Gasteiger partial charge on any atom is -0.418 e. The fourth-order valence-corrected chi connectivity index (χ4v) is 5.82. The monoisotopic (exact) mass is 610 g/mol. The Bertz CT molecular complexity index is 422. The Hall–Kier alpha value is -0.255. The average Bonchev–Trinajstić information content (AvgIpc) is 2.94. The number of hydrogen-bond donors (Lipinski definition) is 1. The molecule has 0 amide bonds. The Morgan fingerprint density at radius 3 is 0.595 bits per heavy atom. The van der Waals surface area contributed by atoms with Gasteiger partial charge in [-0.2, -0.15) is 0 Å². The minimum atomic E-state index is -6.00. The zero-order chi connectivity index (χ0) is 31.2. The third-order valence-corrected chi connectivity index (χ3v) is 8.52. The van der Waals surface area contributed by atoms with E-state index in [1.165, 1.54) is 219 Å². The van der Waals surface area contributed by atoms with Crippen LogP contribution in [0, 0.1) is 0 Å². The molecule has 0 radical (unpaired) electrons. The summed E-state index contributed by atoms with van der Waals surface area (Å²) in [4.78, 5) is 0. The third-order valence-electron chi connectivity index (χ3n) is 8.52. The number of unbranched alkanes of at least 4 members (excludes halogenated alkanes) is 30. The first-order valence-electron chi connectivity index (χ1n) is 19.1. The molecule has 0 unspecified atom stereocenters. The third kappa shape index (κ3) is 52.4. The molecule has 0 atom stereocenters. The second kappa shape index (κ2) is 38.8. The Kier molecular flexibility index (Phi) is 40.5. The van der Waals surface area contributed by atoms with Gasteiger partial charge >= 0.3 is 7.25 Å². The molecule has 0 bridgehead atoms. The first kappa shape index (κ1) is 43.9. The highest BCUT2D eigenvalue weighted by Crippen LogP contribution is 2.15. The van der Waals surface area contributed by atoms with Gasteiger partial charge in [0.2, 0.25) is 0 Å². The fourth-order valence-electron chi connectivity index (χ4n) is 5.82. The lowest BCUT2D eigenvalue weighted by Crippen LogP contribution is -2.84. The van der Waals surface area contributed by atoms with Crippen molar-refractivity contribution >= 4 is 7.25 Å². The highest BCUT2D eigenvalue weighted by atomic mass is 19.5. The second-order valence-corrected chi connectivity index (χ2v) is 13.0. The predicted octanol–water partition coefficient (Wildman–Crippen LogP) is 13.4. The van der Waals surface area contributed by atoms with Crippen LogP contribution >= 0.6 is 0 Å². The van der Waals surface area contributed by atoms with Crippen LogP contribution in [0.15, 0.2) is 0 Å². The molecule has 256 valence electrons. The SMILES string of the molecule is CCCCCCCCCCCCCCCCCC[NH2+]CCCCCCCCCCCCCCCCCC.F[B-](F)(F)F. The van der Waals surface area contributed by atoms with Crippen molar-refractivity contribution in [1.29, 1.82) is 0 Å². The van der Waals surface area contributed by atoms with Gasteiger partial charge in [0.05, 0.1) is 13.1 Å². The first-order chi connectivity index (χ1) is 20.4. The zero-order valence-electron chi connectivity index (χ0n) is 28.7. The molecular formula is C36H76BF4N. The van der Waals surface area contributed by atoms with Gasteiger partial charge in [0, 0.05) is 0 Å². The summed E-state index contributed by atoms with van der Waals surface area (Å²) in [5.74, 6) is 0. The van der Waals surface area contributed by atoms with Crippen LogP contribution in [0.5, 0.6) is 0 Å². The van der Waals surface area contributed by atoms with Crippen LogP contribution in [0.2, 0.25) is 0 Å². The fraction of sp³-hybridized carbons (Fsp3) is 1.00. The van der Waals surface area contributed by atoms with Gasteiger partial charge in [0.1, 0.15) is 0 Å². The van der Waals surface area contributed by atoms with Crippen LogP contribution in [-0.4, -0.2) is 20.3 Å². The molecule has 0 fully saturated rings. The molecular weight excluding hydrogens is 533 g/mol. The maximum absolute atomic E-state index is 9.75. The van der Waals surface area contributed by atoms with E-state index in [1.54, 1.807) is 0 Å². The molecule has 0 saturated heterocycles. The summed E-state index contributed by atoms with van der Waals surface area (Å²) in [7, 11) is -6.00. The summed E-state index contributed by atoms with van der Waals surface area (Å²) in [6.07, 6.45) is 47.0. The van der Waals surface area contributed by atoms with E-state index >= 15 is 0 Å². The van der Waals surface area contributed by atoms with Crippen molar-refractivity contribution < 1.29 is 22.6 Å². The van der Waals surface area contributed by atoms with Crippen molar-refractivity contribution in [2.75, 3.05) is 13.1 Å². The Morgan fingerprint density at radius 2 is 0.429 bits per heavy atom. The van der Waals surface area contributed by atoms with E-state index in [9.17, 15) is 17.3 Å². The van der Waals surface area contributed by atoms with E-state index in [2.05, 4.69) is 19.2 Å². The van der Waals surface area contributed by atoms with Crippen LogP contribution < -0.4 is 5.32 Å². The normalized spacial score (nSPS) is 11.6. The van der Waals surface area contributed by atoms with Crippen molar-refractivity contribution in [3.63, 3.8) is 0 Å². The molecule has 6 heteroatoms. The topological polar surface area (TPSA) is 16.6 Å². The van der Waals surface area contributed by atoms with Crippen molar-refractivity contribution in [2.45, 2.75) is 219 Å². The van der Waals surface area contributed by atoms with E-state index in [1.807, 2.05) is 0 Å². The van der Waals surface area contributed by atoms with Crippen molar-refractivity contribution in [2.24, 2.45) is 0 Å². The number of halogens is 4. The Morgan fingerprint density at radius 1 is 0.286 bits per heavy atom. The quantitative estimate of drug-likeness (QED) is 0.0425. The van der Waals surface area contributed by atoms with E-state index in [4.69, 9.17) is 0 Å².